The molecule has 0 aliphatic carbocycles. The molecule has 0 radical (unpaired) electrons. The number of carbonyl (C=O) groups is 2. The first-order chi connectivity index (χ1) is 10.3. The Balaban J connectivity index is 1.99. The summed E-state index contributed by atoms with van der Waals surface area (Å²) in [5.74, 6) is -3.83. The molecule has 1 aliphatic rings. The van der Waals surface area contributed by atoms with Crippen molar-refractivity contribution in [2.24, 2.45) is 0 Å². The predicted octanol–water partition coefficient (Wildman–Crippen LogP) is 1.68. The molecule has 5 nitrogen and oxygen atoms in total. The lowest BCUT2D eigenvalue weighted by Gasteiger charge is -2.34. The van der Waals surface area contributed by atoms with Crippen molar-refractivity contribution in [2.75, 3.05) is 38.1 Å². The van der Waals surface area contributed by atoms with Crippen LogP contribution in [0.1, 0.15) is 10.4 Å². The van der Waals surface area contributed by atoms with E-state index in [1.807, 2.05) is 7.05 Å². The second kappa shape index (κ2) is 6.35. The van der Waals surface area contributed by atoms with Gasteiger partial charge in [-0.15, -0.1) is 0 Å². The SMILES string of the molecule is CN1CCN(c2ccc(C(=O)OC(=O)C(F)(F)F)cc2)CC1. The molecule has 0 saturated carbocycles. The van der Waals surface area contributed by atoms with Crippen molar-refractivity contribution in [1.82, 2.24) is 4.90 Å². The summed E-state index contributed by atoms with van der Waals surface area (Å²) in [7, 11) is 2.02. The molecule has 0 spiro atoms. The average Bonchev–Trinajstić information content (AvgIpc) is 2.47. The molecule has 2 rings (SSSR count). The number of nitrogens with zero attached hydrogens (tertiary/aromatic N) is 2. The highest BCUT2D eigenvalue weighted by Gasteiger charge is 2.42. The van der Waals surface area contributed by atoms with Crippen molar-refractivity contribution in [3.8, 4) is 0 Å². The van der Waals surface area contributed by atoms with Crippen molar-refractivity contribution < 1.29 is 27.5 Å². The first-order valence-electron chi connectivity index (χ1n) is 6.64. The Hall–Kier alpha value is -2.09. The van der Waals surface area contributed by atoms with Crippen LogP contribution in [0.5, 0.6) is 0 Å². The van der Waals surface area contributed by atoms with Gasteiger partial charge in [0, 0.05) is 31.9 Å². The normalized spacial score (nSPS) is 16.5. The fraction of sp³-hybridized carbons (Fsp3) is 0.429. The van der Waals surface area contributed by atoms with Gasteiger partial charge in [-0.05, 0) is 31.3 Å². The van der Waals surface area contributed by atoms with E-state index in [1.165, 1.54) is 12.1 Å². The largest absolute Gasteiger partial charge is 0.491 e. The van der Waals surface area contributed by atoms with Crippen LogP contribution < -0.4 is 4.90 Å². The molecule has 1 aromatic carbocycles. The number of ether oxygens (including phenoxy) is 1. The van der Waals surface area contributed by atoms with Crippen LogP contribution in [0.3, 0.4) is 0 Å². The quantitative estimate of drug-likeness (QED) is 0.614. The third-order valence-electron chi connectivity index (χ3n) is 3.39. The summed E-state index contributed by atoms with van der Waals surface area (Å²) in [5, 5.41) is 0. The molecular formula is C14H15F3N2O3. The second-order valence-electron chi connectivity index (χ2n) is 5.01. The summed E-state index contributed by atoms with van der Waals surface area (Å²) < 4.78 is 39.9. The maximum atomic E-state index is 12.0. The monoisotopic (exact) mass is 316 g/mol. The van der Waals surface area contributed by atoms with Crippen LogP contribution in [-0.4, -0.2) is 56.2 Å². The van der Waals surface area contributed by atoms with Crippen molar-refractivity contribution >= 4 is 17.6 Å². The smallest absolute Gasteiger partial charge is 0.383 e. The first kappa shape index (κ1) is 16.3. The Morgan fingerprint density at radius 1 is 1.05 bits per heavy atom. The molecule has 8 heteroatoms. The number of benzene rings is 1. The summed E-state index contributed by atoms with van der Waals surface area (Å²) in [6.07, 6.45) is -5.19. The van der Waals surface area contributed by atoms with E-state index in [1.54, 1.807) is 12.1 Å². The molecule has 0 bridgehead atoms. The highest BCUT2D eigenvalue weighted by atomic mass is 19.4. The summed E-state index contributed by atoms with van der Waals surface area (Å²) in [6, 6.07) is 5.94. The summed E-state index contributed by atoms with van der Waals surface area (Å²) in [4.78, 5) is 26.4. The Morgan fingerprint density at radius 3 is 2.09 bits per heavy atom. The summed E-state index contributed by atoms with van der Waals surface area (Å²) in [6.45, 7) is 3.47. The number of hydrogen-bond acceptors (Lipinski definition) is 5. The molecule has 1 aliphatic heterocycles. The van der Waals surface area contributed by atoms with E-state index in [-0.39, 0.29) is 5.56 Å². The van der Waals surface area contributed by atoms with Gasteiger partial charge >= 0.3 is 18.1 Å². The van der Waals surface area contributed by atoms with E-state index in [0.29, 0.717) is 0 Å². The van der Waals surface area contributed by atoms with Gasteiger partial charge in [0.1, 0.15) is 0 Å². The van der Waals surface area contributed by atoms with Crippen LogP contribution in [0.15, 0.2) is 24.3 Å². The Labute approximate surface area is 125 Å². The molecule has 0 aromatic heterocycles. The van der Waals surface area contributed by atoms with E-state index in [2.05, 4.69) is 14.5 Å². The molecule has 0 unspecified atom stereocenters. The van der Waals surface area contributed by atoms with Crippen LogP contribution >= 0.6 is 0 Å². The number of hydrogen-bond donors (Lipinski definition) is 0. The summed E-state index contributed by atoms with van der Waals surface area (Å²) in [5.41, 5.74) is 0.766. The van der Waals surface area contributed by atoms with E-state index in [9.17, 15) is 22.8 Å². The number of piperazine rings is 1. The lowest BCUT2D eigenvalue weighted by Crippen LogP contribution is -2.44. The molecule has 0 N–H and O–H groups in total. The fourth-order valence-corrected chi connectivity index (χ4v) is 2.07. The number of rotatable bonds is 2. The first-order valence-corrected chi connectivity index (χ1v) is 6.64. The topological polar surface area (TPSA) is 49.9 Å². The highest BCUT2D eigenvalue weighted by molar-refractivity contribution is 5.98. The number of alkyl halides is 3. The standard InChI is InChI=1S/C14H15F3N2O3/c1-18-6-8-19(9-7-18)11-4-2-10(3-5-11)12(20)22-13(21)14(15,16)17/h2-5H,6-9H2,1H3. The van der Waals surface area contributed by atoms with Gasteiger partial charge in [-0.25, -0.2) is 9.59 Å². The van der Waals surface area contributed by atoms with Gasteiger partial charge in [-0.1, -0.05) is 0 Å². The summed E-state index contributed by atoms with van der Waals surface area (Å²) >= 11 is 0. The van der Waals surface area contributed by atoms with Crippen molar-refractivity contribution in [1.29, 1.82) is 0 Å². The maximum Gasteiger partial charge on any atom is 0.491 e. The molecular weight excluding hydrogens is 301 g/mol. The van der Waals surface area contributed by atoms with Crippen LogP contribution in [0.4, 0.5) is 18.9 Å². The van der Waals surface area contributed by atoms with Gasteiger partial charge in [-0.3, -0.25) is 0 Å². The lowest BCUT2D eigenvalue weighted by molar-refractivity contribution is -0.193. The molecule has 22 heavy (non-hydrogen) atoms. The molecule has 1 fully saturated rings. The number of esters is 2. The molecule has 1 heterocycles. The van der Waals surface area contributed by atoms with E-state index in [0.717, 1.165) is 31.9 Å². The molecule has 1 saturated heterocycles. The highest BCUT2D eigenvalue weighted by Crippen LogP contribution is 2.20. The van der Waals surface area contributed by atoms with E-state index >= 15 is 0 Å². The van der Waals surface area contributed by atoms with Crippen molar-refractivity contribution in [2.45, 2.75) is 6.18 Å². The third kappa shape index (κ3) is 3.97. The predicted molar refractivity (Wildman–Crippen MR) is 72.6 cm³/mol. The van der Waals surface area contributed by atoms with E-state index < -0.39 is 18.1 Å². The lowest BCUT2D eigenvalue weighted by atomic mass is 10.2. The minimum absolute atomic E-state index is 0.101. The molecule has 1 aromatic rings. The van der Waals surface area contributed by atoms with Gasteiger partial charge in [0.2, 0.25) is 0 Å². The van der Waals surface area contributed by atoms with Gasteiger partial charge in [-0.2, -0.15) is 13.2 Å². The van der Waals surface area contributed by atoms with Crippen LogP contribution in [0.2, 0.25) is 0 Å². The number of likely N-dealkylation sites (N-methyl/N-ethyl adjacent to an activating group) is 1. The van der Waals surface area contributed by atoms with Crippen LogP contribution in [0.25, 0.3) is 0 Å². The minimum atomic E-state index is -5.19. The van der Waals surface area contributed by atoms with Crippen LogP contribution in [0, 0.1) is 0 Å². The van der Waals surface area contributed by atoms with Gasteiger partial charge < -0.3 is 14.5 Å². The Morgan fingerprint density at radius 2 is 1.59 bits per heavy atom. The zero-order valence-electron chi connectivity index (χ0n) is 11.9. The number of carbonyl (C=O) groups excluding carboxylic acids is 2. The molecule has 120 valence electrons. The van der Waals surface area contributed by atoms with Gasteiger partial charge in [0.05, 0.1) is 5.56 Å². The maximum absolute atomic E-state index is 12.0. The third-order valence-corrected chi connectivity index (χ3v) is 3.39. The fourth-order valence-electron chi connectivity index (χ4n) is 2.07. The van der Waals surface area contributed by atoms with Crippen molar-refractivity contribution in [3.63, 3.8) is 0 Å². The molecule has 0 atom stereocenters. The molecule has 0 amide bonds. The number of anilines is 1. The van der Waals surface area contributed by atoms with E-state index in [4.69, 9.17) is 0 Å². The van der Waals surface area contributed by atoms with Crippen LogP contribution in [-0.2, 0) is 9.53 Å². The van der Waals surface area contributed by atoms with Crippen molar-refractivity contribution in [3.05, 3.63) is 29.8 Å². The second-order valence-corrected chi connectivity index (χ2v) is 5.01. The zero-order valence-corrected chi connectivity index (χ0v) is 11.9. The Kier molecular flexibility index (Phi) is 4.70. The zero-order chi connectivity index (χ0) is 16.3. The minimum Gasteiger partial charge on any atom is -0.383 e. The van der Waals surface area contributed by atoms with Gasteiger partial charge in [0.25, 0.3) is 0 Å². The number of halogens is 3. The average molecular weight is 316 g/mol. The van der Waals surface area contributed by atoms with Gasteiger partial charge in [0.15, 0.2) is 0 Å². The Bertz CT molecular complexity index is 549.